The van der Waals surface area contributed by atoms with Crippen LogP contribution in [0.2, 0.25) is 0 Å². The Bertz CT molecular complexity index is 1230. The SMILES string of the molecule is COCCC(=O)N1CCN(c2nc(C3CC3)c(-c3ccc4[nH]ncc4c3)cc2C#N)C[C@H]1C. The topological polar surface area (TPSA) is 98.1 Å². The standard InChI is InChI=1S/C25H28N6O2/c1-16-15-30(8-9-31(16)23(32)7-10-33-2)25-19(13-26)12-21(24(28-25)17-3-4-17)18-5-6-22-20(11-18)14-27-29-22/h5-6,11-12,14,16-17H,3-4,7-10,15H2,1-2H3,(H,27,29)/t16-/m1/s1. The van der Waals surface area contributed by atoms with Crippen LogP contribution in [0.3, 0.4) is 0 Å². The van der Waals surface area contributed by atoms with E-state index in [1.807, 2.05) is 23.2 Å². The quantitative estimate of drug-likeness (QED) is 0.625. The Labute approximate surface area is 193 Å². The Hall–Kier alpha value is -3.44. The summed E-state index contributed by atoms with van der Waals surface area (Å²) in [5, 5.41) is 18.2. The van der Waals surface area contributed by atoms with Crippen molar-refractivity contribution in [3.63, 3.8) is 0 Å². The van der Waals surface area contributed by atoms with Crippen molar-refractivity contribution in [1.82, 2.24) is 20.1 Å². The number of anilines is 1. The van der Waals surface area contributed by atoms with Gasteiger partial charge in [0.2, 0.25) is 5.91 Å². The van der Waals surface area contributed by atoms with Gasteiger partial charge in [-0.25, -0.2) is 4.98 Å². The Kier molecular flexibility index (Phi) is 5.73. The highest BCUT2D eigenvalue weighted by Gasteiger charge is 2.33. The van der Waals surface area contributed by atoms with E-state index in [1.165, 1.54) is 0 Å². The molecule has 1 amide bonds. The molecule has 3 aromatic rings. The van der Waals surface area contributed by atoms with Crippen molar-refractivity contribution in [2.45, 2.75) is 38.1 Å². The molecular weight excluding hydrogens is 416 g/mol. The molecule has 1 aliphatic carbocycles. The highest BCUT2D eigenvalue weighted by Crippen LogP contribution is 2.45. The molecule has 170 valence electrons. The van der Waals surface area contributed by atoms with Crippen molar-refractivity contribution < 1.29 is 9.53 Å². The first kappa shape index (κ1) is 21.4. The third-order valence-electron chi connectivity index (χ3n) is 6.64. The van der Waals surface area contributed by atoms with Crippen LogP contribution in [-0.4, -0.2) is 65.4 Å². The van der Waals surface area contributed by atoms with E-state index < -0.39 is 0 Å². The predicted molar refractivity (Wildman–Crippen MR) is 126 cm³/mol. The molecule has 1 saturated carbocycles. The van der Waals surface area contributed by atoms with Crippen molar-refractivity contribution in [3.05, 3.63) is 41.7 Å². The lowest BCUT2D eigenvalue weighted by molar-refractivity contribution is -0.134. The van der Waals surface area contributed by atoms with Crippen LogP contribution in [-0.2, 0) is 9.53 Å². The van der Waals surface area contributed by atoms with Gasteiger partial charge < -0.3 is 14.5 Å². The lowest BCUT2D eigenvalue weighted by atomic mass is 9.98. The van der Waals surface area contributed by atoms with Gasteiger partial charge in [-0.2, -0.15) is 10.4 Å². The summed E-state index contributed by atoms with van der Waals surface area (Å²) in [7, 11) is 1.61. The highest BCUT2D eigenvalue weighted by molar-refractivity contribution is 5.85. The van der Waals surface area contributed by atoms with Crippen LogP contribution in [0, 0.1) is 11.3 Å². The molecule has 2 aliphatic rings. The van der Waals surface area contributed by atoms with Gasteiger partial charge in [0.15, 0.2) is 0 Å². The third-order valence-corrected chi connectivity index (χ3v) is 6.64. The van der Waals surface area contributed by atoms with Gasteiger partial charge >= 0.3 is 0 Å². The van der Waals surface area contributed by atoms with Crippen LogP contribution in [0.4, 0.5) is 5.82 Å². The molecule has 0 unspecified atom stereocenters. The highest BCUT2D eigenvalue weighted by atomic mass is 16.5. The zero-order chi connectivity index (χ0) is 22.9. The summed E-state index contributed by atoms with van der Waals surface area (Å²) < 4.78 is 5.06. The molecule has 1 saturated heterocycles. The number of hydrogen-bond acceptors (Lipinski definition) is 6. The van der Waals surface area contributed by atoms with Crippen molar-refractivity contribution >= 4 is 22.6 Å². The molecule has 0 bridgehead atoms. The Morgan fingerprint density at radius 3 is 2.88 bits per heavy atom. The van der Waals surface area contributed by atoms with Crippen molar-refractivity contribution in [3.8, 4) is 17.2 Å². The normalized spacial score (nSPS) is 18.5. The molecule has 5 rings (SSSR count). The lowest BCUT2D eigenvalue weighted by Crippen LogP contribution is -2.54. The number of aromatic nitrogens is 3. The Balaban J connectivity index is 1.46. The summed E-state index contributed by atoms with van der Waals surface area (Å²) in [6.45, 7) is 4.43. The summed E-state index contributed by atoms with van der Waals surface area (Å²) in [4.78, 5) is 21.7. The minimum Gasteiger partial charge on any atom is -0.384 e. The minimum atomic E-state index is 0.0454. The molecule has 8 nitrogen and oxygen atoms in total. The molecule has 1 aliphatic heterocycles. The molecule has 1 aromatic carbocycles. The van der Waals surface area contributed by atoms with E-state index in [4.69, 9.17) is 9.72 Å². The number of rotatable bonds is 6. The van der Waals surface area contributed by atoms with E-state index >= 15 is 0 Å². The second-order valence-electron chi connectivity index (χ2n) is 8.98. The predicted octanol–water partition coefficient (Wildman–Crippen LogP) is 3.45. The molecule has 0 spiro atoms. The fourth-order valence-electron chi connectivity index (χ4n) is 4.70. The van der Waals surface area contributed by atoms with Crippen LogP contribution < -0.4 is 4.90 Å². The summed E-state index contributed by atoms with van der Waals surface area (Å²) >= 11 is 0. The number of carbonyl (C=O) groups excluding carboxylic acids is 1. The van der Waals surface area contributed by atoms with Crippen LogP contribution in [0.5, 0.6) is 0 Å². The molecule has 2 aromatic heterocycles. The van der Waals surface area contributed by atoms with Crippen molar-refractivity contribution in [1.29, 1.82) is 5.26 Å². The van der Waals surface area contributed by atoms with Crippen LogP contribution in [0.15, 0.2) is 30.5 Å². The number of methoxy groups -OCH3 is 1. The van der Waals surface area contributed by atoms with E-state index in [1.54, 1.807) is 7.11 Å². The number of piperazine rings is 1. The number of carbonyl (C=O) groups is 1. The number of benzene rings is 1. The molecule has 3 heterocycles. The fourth-order valence-corrected chi connectivity index (χ4v) is 4.70. The number of ether oxygens (including phenoxy) is 1. The smallest absolute Gasteiger partial charge is 0.225 e. The molecule has 33 heavy (non-hydrogen) atoms. The van der Waals surface area contributed by atoms with Gasteiger partial charge in [-0.15, -0.1) is 0 Å². The Morgan fingerprint density at radius 2 is 2.15 bits per heavy atom. The summed E-state index contributed by atoms with van der Waals surface area (Å²) in [5.41, 5.74) is 4.72. The molecule has 0 radical (unpaired) electrons. The van der Waals surface area contributed by atoms with Gasteiger partial charge in [0.25, 0.3) is 0 Å². The number of fused-ring (bicyclic) bond motifs is 1. The summed E-state index contributed by atoms with van der Waals surface area (Å²) in [6.07, 6.45) is 4.45. The first-order valence-corrected chi connectivity index (χ1v) is 11.5. The first-order chi connectivity index (χ1) is 16.1. The van der Waals surface area contributed by atoms with Crippen LogP contribution in [0.1, 0.15) is 43.4 Å². The minimum absolute atomic E-state index is 0.0454. The van der Waals surface area contributed by atoms with E-state index in [9.17, 15) is 10.1 Å². The molecule has 1 N–H and O–H groups in total. The number of nitriles is 1. The van der Waals surface area contributed by atoms with E-state index in [0.29, 0.717) is 44.1 Å². The number of pyridine rings is 1. The lowest BCUT2D eigenvalue weighted by Gasteiger charge is -2.41. The number of amides is 1. The number of nitrogens with one attached hydrogen (secondary N) is 1. The fraction of sp³-hybridized carbons (Fsp3) is 0.440. The van der Waals surface area contributed by atoms with Gasteiger partial charge in [-0.1, -0.05) is 6.07 Å². The van der Waals surface area contributed by atoms with Gasteiger partial charge in [0, 0.05) is 49.7 Å². The van der Waals surface area contributed by atoms with E-state index in [0.717, 1.165) is 46.4 Å². The van der Waals surface area contributed by atoms with Gasteiger partial charge in [-0.3, -0.25) is 9.89 Å². The maximum atomic E-state index is 12.5. The second kappa shape index (κ2) is 8.83. The summed E-state index contributed by atoms with van der Waals surface area (Å²) in [6, 6.07) is 10.6. The largest absolute Gasteiger partial charge is 0.384 e. The van der Waals surface area contributed by atoms with Crippen LogP contribution in [0.25, 0.3) is 22.0 Å². The number of hydrogen-bond donors (Lipinski definition) is 1. The van der Waals surface area contributed by atoms with Crippen molar-refractivity contribution in [2.75, 3.05) is 38.3 Å². The van der Waals surface area contributed by atoms with Crippen LogP contribution >= 0.6 is 0 Å². The van der Waals surface area contributed by atoms with Crippen molar-refractivity contribution in [2.24, 2.45) is 0 Å². The molecule has 1 atom stereocenters. The third kappa shape index (κ3) is 4.16. The monoisotopic (exact) mass is 444 g/mol. The number of aromatic amines is 1. The maximum Gasteiger partial charge on any atom is 0.225 e. The zero-order valence-electron chi connectivity index (χ0n) is 19.0. The first-order valence-electron chi connectivity index (χ1n) is 11.5. The molecule has 2 fully saturated rings. The Morgan fingerprint density at radius 1 is 1.30 bits per heavy atom. The zero-order valence-corrected chi connectivity index (χ0v) is 19.0. The average molecular weight is 445 g/mol. The van der Waals surface area contributed by atoms with E-state index in [2.05, 4.69) is 40.2 Å². The van der Waals surface area contributed by atoms with E-state index in [-0.39, 0.29) is 11.9 Å². The van der Waals surface area contributed by atoms with Gasteiger partial charge in [-0.05, 0) is 43.5 Å². The molecular formula is C25H28N6O2. The van der Waals surface area contributed by atoms with Gasteiger partial charge in [0.05, 0.1) is 36.0 Å². The maximum absolute atomic E-state index is 12.5. The summed E-state index contributed by atoms with van der Waals surface area (Å²) in [5.74, 6) is 1.28. The molecule has 8 heteroatoms. The number of H-pyrrole nitrogens is 1. The number of nitrogens with zero attached hydrogens (tertiary/aromatic N) is 5. The second-order valence-corrected chi connectivity index (χ2v) is 8.98. The average Bonchev–Trinajstić information content (AvgIpc) is 3.58. The van der Waals surface area contributed by atoms with Gasteiger partial charge in [0.1, 0.15) is 11.9 Å².